The summed E-state index contributed by atoms with van der Waals surface area (Å²) >= 11 is 0. The van der Waals surface area contributed by atoms with E-state index in [0.29, 0.717) is 12.1 Å². The van der Waals surface area contributed by atoms with Crippen LogP contribution >= 0.6 is 0 Å². The number of benzene rings is 2. The van der Waals surface area contributed by atoms with Gasteiger partial charge in [-0.25, -0.2) is 0 Å². The zero-order valence-electron chi connectivity index (χ0n) is 18.3. The third kappa shape index (κ3) is 2.87. The van der Waals surface area contributed by atoms with Crippen LogP contribution < -0.4 is 4.90 Å². The Morgan fingerprint density at radius 1 is 1.09 bits per heavy atom. The molecule has 0 saturated carbocycles. The van der Waals surface area contributed by atoms with E-state index >= 15 is 0 Å². The van der Waals surface area contributed by atoms with Crippen LogP contribution in [-0.4, -0.2) is 47.1 Å². The average Bonchev–Trinajstić information content (AvgIpc) is 3.31. The first-order valence-electron chi connectivity index (χ1n) is 11.5. The molecule has 2 saturated heterocycles. The average molecular weight is 426 g/mol. The Kier molecular flexibility index (Phi) is 4.51. The van der Waals surface area contributed by atoms with Gasteiger partial charge in [0.05, 0.1) is 31.3 Å². The van der Waals surface area contributed by atoms with Gasteiger partial charge in [0, 0.05) is 28.3 Å². The van der Waals surface area contributed by atoms with Gasteiger partial charge in [-0.05, 0) is 61.4 Å². The number of ether oxygens (including phenoxy) is 1. The summed E-state index contributed by atoms with van der Waals surface area (Å²) < 4.78 is 5.75. The van der Waals surface area contributed by atoms with Gasteiger partial charge in [-0.1, -0.05) is 30.3 Å². The van der Waals surface area contributed by atoms with Crippen LogP contribution in [0.4, 0.5) is 5.69 Å². The maximum atomic E-state index is 12.8. The number of fused-ring (bicyclic) bond motifs is 5. The van der Waals surface area contributed by atoms with E-state index < -0.39 is 0 Å². The van der Waals surface area contributed by atoms with Crippen molar-refractivity contribution in [2.45, 2.75) is 50.4 Å². The number of terminal acetylenes is 1. The largest absolute Gasteiger partial charge is 0.377 e. The van der Waals surface area contributed by atoms with Crippen LogP contribution in [0.5, 0.6) is 0 Å². The SMILES string of the molecule is C#CC(=O)N1[C@@H](c2ccc(N3C4CCC3COC4)cc2)c2[nH]c3ccccc3c2C[C@@H]1C. The van der Waals surface area contributed by atoms with Crippen LogP contribution in [0.2, 0.25) is 0 Å². The standard InChI is InChI=1S/C27H27N3O2/c1-3-25(31)29-17(2)14-23-22-6-4-5-7-24(22)28-26(23)27(29)18-8-10-19(11-9-18)30-20-12-13-21(30)16-32-15-20/h1,4-11,17,20-21,27-28H,12-16H2,2H3/t17-,20?,21?,27-/m0/s1. The summed E-state index contributed by atoms with van der Waals surface area (Å²) in [5.41, 5.74) is 5.78. The summed E-state index contributed by atoms with van der Waals surface area (Å²) in [4.78, 5) is 20.8. The first-order chi connectivity index (χ1) is 15.7. The summed E-state index contributed by atoms with van der Waals surface area (Å²) in [7, 11) is 0. The van der Waals surface area contributed by atoms with Crippen LogP contribution in [0.3, 0.4) is 0 Å². The van der Waals surface area contributed by atoms with Crippen LogP contribution in [0.1, 0.15) is 42.6 Å². The Hall–Kier alpha value is -3.23. The molecule has 4 atom stereocenters. The summed E-state index contributed by atoms with van der Waals surface area (Å²) in [5, 5.41) is 1.23. The fraction of sp³-hybridized carbons (Fsp3) is 0.370. The molecular weight excluding hydrogens is 398 g/mol. The Morgan fingerprint density at radius 3 is 2.53 bits per heavy atom. The lowest BCUT2D eigenvalue weighted by Crippen LogP contribution is -2.46. The van der Waals surface area contributed by atoms with Gasteiger partial charge in [0.2, 0.25) is 0 Å². The van der Waals surface area contributed by atoms with Gasteiger partial charge in [0.1, 0.15) is 0 Å². The summed E-state index contributed by atoms with van der Waals surface area (Å²) in [6.07, 6.45) is 8.76. The second kappa shape index (κ2) is 7.43. The van der Waals surface area contributed by atoms with Gasteiger partial charge in [-0.3, -0.25) is 4.79 Å². The van der Waals surface area contributed by atoms with Crippen molar-refractivity contribution in [3.8, 4) is 12.3 Å². The van der Waals surface area contributed by atoms with E-state index in [2.05, 4.69) is 65.2 Å². The minimum absolute atomic E-state index is 0.0185. The van der Waals surface area contributed by atoms with Gasteiger partial charge in [0.15, 0.2) is 0 Å². The molecule has 2 aromatic carbocycles. The number of aromatic nitrogens is 1. The highest BCUT2D eigenvalue weighted by Crippen LogP contribution is 2.42. The fourth-order valence-corrected chi connectivity index (χ4v) is 6.06. The van der Waals surface area contributed by atoms with Crippen molar-refractivity contribution < 1.29 is 9.53 Å². The van der Waals surface area contributed by atoms with Crippen LogP contribution in [-0.2, 0) is 16.0 Å². The smallest absolute Gasteiger partial charge is 0.299 e. The summed E-state index contributed by atoms with van der Waals surface area (Å²) in [6.45, 7) is 3.70. The predicted octanol–water partition coefficient (Wildman–Crippen LogP) is 4.03. The summed E-state index contributed by atoms with van der Waals surface area (Å²) in [5.74, 6) is 2.10. The molecule has 2 bridgehead atoms. The minimum Gasteiger partial charge on any atom is -0.377 e. The number of carbonyl (C=O) groups is 1. The second-order valence-electron chi connectivity index (χ2n) is 9.30. The predicted molar refractivity (Wildman–Crippen MR) is 126 cm³/mol. The highest BCUT2D eigenvalue weighted by Gasteiger charge is 2.39. The molecule has 0 aliphatic carbocycles. The topological polar surface area (TPSA) is 48.6 Å². The normalized spacial score (nSPS) is 26.8. The minimum atomic E-state index is -0.262. The van der Waals surface area contributed by atoms with Crippen molar-refractivity contribution in [1.82, 2.24) is 9.88 Å². The maximum absolute atomic E-state index is 12.8. The second-order valence-corrected chi connectivity index (χ2v) is 9.30. The van der Waals surface area contributed by atoms with Crippen molar-refractivity contribution in [2.24, 2.45) is 0 Å². The maximum Gasteiger partial charge on any atom is 0.299 e. The number of H-pyrrole nitrogens is 1. The Labute approximate surface area is 188 Å². The van der Waals surface area contributed by atoms with Gasteiger partial charge < -0.3 is 19.5 Å². The number of amides is 1. The molecule has 1 aromatic heterocycles. The molecule has 5 nitrogen and oxygen atoms in total. The summed E-state index contributed by atoms with van der Waals surface area (Å²) in [6, 6.07) is 17.8. The number of hydrogen-bond acceptors (Lipinski definition) is 3. The van der Waals surface area contributed by atoms with E-state index in [4.69, 9.17) is 11.2 Å². The van der Waals surface area contributed by atoms with E-state index in [9.17, 15) is 4.79 Å². The fourth-order valence-electron chi connectivity index (χ4n) is 6.06. The van der Waals surface area contributed by atoms with Crippen molar-refractivity contribution in [2.75, 3.05) is 18.1 Å². The van der Waals surface area contributed by atoms with Gasteiger partial charge in [0.25, 0.3) is 5.91 Å². The number of rotatable bonds is 2. The molecule has 0 radical (unpaired) electrons. The van der Waals surface area contributed by atoms with E-state index in [1.165, 1.54) is 29.5 Å². The lowest BCUT2D eigenvalue weighted by molar-refractivity contribution is -0.129. The molecule has 32 heavy (non-hydrogen) atoms. The zero-order chi connectivity index (χ0) is 21.8. The number of morpholine rings is 1. The third-order valence-electron chi connectivity index (χ3n) is 7.48. The van der Waals surface area contributed by atoms with Crippen LogP contribution in [0.25, 0.3) is 10.9 Å². The Balaban J connectivity index is 1.44. The first kappa shape index (κ1) is 19.5. The van der Waals surface area contributed by atoms with Crippen LogP contribution in [0.15, 0.2) is 48.5 Å². The number of carbonyl (C=O) groups excluding carboxylic acids is 1. The van der Waals surface area contributed by atoms with E-state index in [1.54, 1.807) is 0 Å². The number of nitrogens with zero attached hydrogens (tertiary/aromatic N) is 2. The molecule has 1 amide bonds. The molecule has 6 rings (SSSR count). The highest BCUT2D eigenvalue weighted by atomic mass is 16.5. The van der Waals surface area contributed by atoms with Crippen molar-refractivity contribution in [3.63, 3.8) is 0 Å². The highest BCUT2D eigenvalue weighted by molar-refractivity contribution is 5.94. The molecule has 162 valence electrons. The van der Waals surface area contributed by atoms with Gasteiger partial charge >= 0.3 is 0 Å². The molecule has 3 aliphatic rings. The molecule has 0 spiro atoms. The number of nitrogens with one attached hydrogen (secondary N) is 1. The van der Waals surface area contributed by atoms with Crippen molar-refractivity contribution in [3.05, 3.63) is 65.4 Å². The Bertz CT molecular complexity index is 1210. The molecular formula is C27H27N3O2. The first-order valence-corrected chi connectivity index (χ1v) is 11.5. The van der Waals surface area contributed by atoms with Crippen LogP contribution in [0, 0.1) is 12.3 Å². The van der Waals surface area contributed by atoms with Crippen molar-refractivity contribution >= 4 is 22.5 Å². The molecule has 4 heterocycles. The van der Waals surface area contributed by atoms with Gasteiger partial charge in [-0.15, -0.1) is 6.42 Å². The molecule has 2 unspecified atom stereocenters. The lowest BCUT2D eigenvalue weighted by Gasteiger charge is -2.40. The van der Waals surface area contributed by atoms with Crippen molar-refractivity contribution in [1.29, 1.82) is 0 Å². The van der Waals surface area contributed by atoms with E-state index in [0.717, 1.165) is 36.4 Å². The molecule has 1 N–H and O–H groups in total. The lowest BCUT2D eigenvalue weighted by atomic mass is 9.88. The number of aromatic amines is 1. The van der Waals surface area contributed by atoms with Gasteiger partial charge in [-0.2, -0.15) is 0 Å². The third-order valence-corrected chi connectivity index (χ3v) is 7.48. The molecule has 3 aliphatic heterocycles. The number of para-hydroxylation sites is 1. The Morgan fingerprint density at radius 2 is 1.81 bits per heavy atom. The number of hydrogen-bond donors (Lipinski definition) is 1. The molecule has 2 fully saturated rings. The molecule has 5 heteroatoms. The van der Waals surface area contributed by atoms with E-state index in [-0.39, 0.29) is 18.0 Å². The monoisotopic (exact) mass is 425 g/mol. The van der Waals surface area contributed by atoms with E-state index in [1.807, 2.05) is 11.0 Å². The zero-order valence-corrected chi connectivity index (χ0v) is 18.3. The molecule has 3 aromatic rings. The number of anilines is 1. The quantitative estimate of drug-likeness (QED) is 0.631.